The van der Waals surface area contributed by atoms with E-state index in [-0.39, 0.29) is 17.6 Å². The Hall–Kier alpha value is -2.34. The summed E-state index contributed by atoms with van der Waals surface area (Å²) < 4.78 is 13.3. The summed E-state index contributed by atoms with van der Waals surface area (Å²) in [6, 6.07) is 12.9. The van der Waals surface area contributed by atoms with Crippen molar-refractivity contribution in [3.05, 3.63) is 59.9 Å². The van der Waals surface area contributed by atoms with Crippen molar-refractivity contribution in [1.82, 2.24) is 5.32 Å². The molecule has 2 aromatic carbocycles. The van der Waals surface area contributed by atoms with Crippen LogP contribution in [0.3, 0.4) is 0 Å². The van der Waals surface area contributed by atoms with Crippen LogP contribution in [-0.4, -0.2) is 24.1 Å². The smallest absolute Gasteiger partial charge is 0.256 e. The van der Waals surface area contributed by atoms with Crippen LogP contribution in [0.4, 0.5) is 10.1 Å². The summed E-state index contributed by atoms with van der Waals surface area (Å²) in [5, 5.41) is 5.72. The lowest BCUT2D eigenvalue weighted by Crippen LogP contribution is -2.31. The van der Waals surface area contributed by atoms with Gasteiger partial charge in [-0.1, -0.05) is 37.5 Å². The van der Waals surface area contributed by atoms with Crippen LogP contribution >= 0.6 is 11.8 Å². The Morgan fingerprint density at radius 3 is 2.61 bits per heavy atom. The van der Waals surface area contributed by atoms with Gasteiger partial charge in [0.1, 0.15) is 5.82 Å². The van der Waals surface area contributed by atoms with Crippen LogP contribution in [0.5, 0.6) is 0 Å². The van der Waals surface area contributed by atoms with Crippen molar-refractivity contribution in [3.8, 4) is 0 Å². The Morgan fingerprint density at radius 1 is 1.04 bits per heavy atom. The molecule has 148 valence electrons. The van der Waals surface area contributed by atoms with Crippen LogP contribution in [0.15, 0.2) is 53.4 Å². The van der Waals surface area contributed by atoms with Gasteiger partial charge in [0.2, 0.25) is 5.91 Å². The van der Waals surface area contributed by atoms with Gasteiger partial charge in [0.25, 0.3) is 5.91 Å². The van der Waals surface area contributed by atoms with Gasteiger partial charge >= 0.3 is 0 Å². The van der Waals surface area contributed by atoms with Gasteiger partial charge in [0.15, 0.2) is 0 Å². The predicted molar refractivity (Wildman–Crippen MR) is 111 cm³/mol. The van der Waals surface area contributed by atoms with Crippen LogP contribution in [0.1, 0.15) is 42.5 Å². The minimum atomic E-state index is -0.407. The first-order valence-corrected chi connectivity index (χ1v) is 10.7. The highest BCUT2D eigenvalue weighted by Gasteiger charge is 2.16. The summed E-state index contributed by atoms with van der Waals surface area (Å²) in [6.45, 7) is 0.737. The van der Waals surface area contributed by atoms with E-state index in [0.29, 0.717) is 17.2 Å². The van der Waals surface area contributed by atoms with E-state index in [2.05, 4.69) is 10.6 Å². The molecule has 2 N–H and O–H groups in total. The summed E-state index contributed by atoms with van der Waals surface area (Å²) in [6.07, 6.45) is 6.19. The molecule has 0 aliphatic heterocycles. The first kappa shape index (κ1) is 20.4. The molecule has 1 aliphatic rings. The highest BCUT2D eigenvalue weighted by atomic mass is 32.2. The van der Waals surface area contributed by atoms with Crippen molar-refractivity contribution in [2.24, 2.45) is 5.92 Å². The summed E-state index contributed by atoms with van der Waals surface area (Å²) in [5.41, 5.74) is 0.867. The number of benzene rings is 2. The normalized spacial score (nSPS) is 14.5. The van der Waals surface area contributed by atoms with Crippen molar-refractivity contribution < 1.29 is 14.0 Å². The maximum atomic E-state index is 13.3. The Bertz CT molecular complexity index is 822. The first-order valence-electron chi connectivity index (χ1n) is 9.67. The van der Waals surface area contributed by atoms with Gasteiger partial charge in [0, 0.05) is 17.1 Å². The fraction of sp³-hybridized carbons (Fsp3) is 0.364. The molecule has 3 rings (SSSR count). The van der Waals surface area contributed by atoms with Gasteiger partial charge in [0.05, 0.1) is 11.3 Å². The van der Waals surface area contributed by atoms with Crippen molar-refractivity contribution in [3.63, 3.8) is 0 Å². The molecule has 0 atom stereocenters. The number of rotatable bonds is 7. The maximum absolute atomic E-state index is 13.3. The van der Waals surface area contributed by atoms with E-state index in [9.17, 15) is 14.0 Å². The molecule has 2 amide bonds. The summed E-state index contributed by atoms with van der Waals surface area (Å²) >= 11 is 1.34. The van der Waals surface area contributed by atoms with Crippen molar-refractivity contribution in [1.29, 1.82) is 0 Å². The number of carbonyl (C=O) groups is 2. The molecule has 1 fully saturated rings. The zero-order valence-electron chi connectivity index (χ0n) is 15.7. The number of hydrogen-bond acceptors (Lipinski definition) is 3. The van der Waals surface area contributed by atoms with Gasteiger partial charge in [-0.3, -0.25) is 9.59 Å². The minimum absolute atomic E-state index is 0.0177. The molecule has 6 heteroatoms. The molecular formula is C22H25FN2O2S. The fourth-order valence-electron chi connectivity index (χ4n) is 3.39. The quantitative estimate of drug-likeness (QED) is 0.652. The van der Waals surface area contributed by atoms with Crippen molar-refractivity contribution in [2.75, 3.05) is 17.6 Å². The maximum Gasteiger partial charge on any atom is 0.256 e. The molecule has 4 nitrogen and oxygen atoms in total. The number of carbonyl (C=O) groups excluding carboxylic acids is 2. The third kappa shape index (κ3) is 6.09. The Balaban J connectivity index is 1.54. The minimum Gasteiger partial charge on any atom is -0.355 e. The molecule has 0 aromatic heterocycles. The number of anilines is 1. The molecule has 0 bridgehead atoms. The van der Waals surface area contributed by atoms with E-state index in [1.54, 1.807) is 24.3 Å². The monoisotopic (exact) mass is 400 g/mol. The predicted octanol–water partition coefficient (Wildman–Crippen LogP) is 4.87. The number of hydrogen-bond donors (Lipinski definition) is 2. The summed E-state index contributed by atoms with van der Waals surface area (Å²) in [4.78, 5) is 25.5. The zero-order chi connectivity index (χ0) is 19.8. The SMILES string of the molecule is O=C(CSc1ccccc1C(=O)Nc1cccc(F)c1)NCC1CCCCC1. The van der Waals surface area contributed by atoms with E-state index in [1.165, 1.54) is 56.0 Å². The summed E-state index contributed by atoms with van der Waals surface area (Å²) in [7, 11) is 0. The average Bonchev–Trinajstić information content (AvgIpc) is 2.71. The first-order chi connectivity index (χ1) is 13.6. The van der Waals surface area contributed by atoms with Crippen LogP contribution in [0.2, 0.25) is 0 Å². The Morgan fingerprint density at radius 2 is 1.82 bits per heavy atom. The second-order valence-electron chi connectivity index (χ2n) is 7.06. The topological polar surface area (TPSA) is 58.2 Å². The lowest BCUT2D eigenvalue weighted by atomic mass is 9.89. The highest BCUT2D eigenvalue weighted by Crippen LogP contribution is 2.25. The van der Waals surface area contributed by atoms with Gasteiger partial charge in [-0.2, -0.15) is 0 Å². The molecular weight excluding hydrogens is 375 g/mol. The second kappa shape index (κ2) is 10.3. The molecule has 0 heterocycles. The van der Waals surface area contributed by atoms with E-state index in [1.807, 2.05) is 12.1 Å². The van der Waals surface area contributed by atoms with Gasteiger partial charge in [-0.05, 0) is 49.1 Å². The van der Waals surface area contributed by atoms with Gasteiger partial charge < -0.3 is 10.6 Å². The molecule has 2 aromatic rings. The van der Waals surface area contributed by atoms with Gasteiger partial charge in [-0.15, -0.1) is 11.8 Å². The van der Waals surface area contributed by atoms with Crippen LogP contribution in [0.25, 0.3) is 0 Å². The standard InChI is InChI=1S/C22H25FN2O2S/c23-17-9-6-10-18(13-17)25-22(27)19-11-4-5-12-20(19)28-15-21(26)24-14-16-7-2-1-3-8-16/h4-6,9-13,16H,1-3,7-8,14-15H2,(H,24,26)(H,25,27). The number of nitrogens with one attached hydrogen (secondary N) is 2. The van der Waals surface area contributed by atoms with Crippen LogP contribution in [0, 0.1) is 11.7 Å². The van der Waals surface area contributed by atoms with E-state index in [0.717, 1.165) is 11.4 Å². The molecule has 1 saturated carbocycles. The Labute approximate surface area is 169 Å². The van der Waals surface area contributed by atoms with E-state index >= 15 is 0 Å². The Kier molecular flexibility index (Phi) is 7.48. The third-order valence-electron chi connectivity index (χ3n) is 4.89. The summed E-state index contributed by atoms with van der Waals surface area (Å²) in [5.74, 6) is 0.103. The zero-order valence-corrected chi connectivity index (χ0v) is 16.6. The molecule has 0 radical (unpaired) electrons. The van der Waals surface area contributed by atoms with Crippen LogP contribution < -0.4 is 10.6 Å². The van der Waals surface area contributed by atoms with Crippen molar-refractivity contribution >= 4 is 29.3 Å². The van der Waals surface area contributed by atoms with Gasteiger partial charge in [-0.25, -0.2) is 4.39 Å². The third-order valence-corrected chi connectivity index (χ3v) is 5.96. The number of halogens is 1. The molecule has 28 heavy (non-hydrogen) atoms. The molecule has 0 unspecified atom stereocenters. The molecule has 0 spiro atoms. The molecule has 0 saturated heterocycles. The van der Waals surface area contributed by atoms with Crippen LogP contribution in [-0.2, 0) is 4.79 Å². The second-order valence-corrected chi connectivity index (χ2v) is 8.07. The van der Waals surface area contributed by atoms with Crippen molar-refractivity contribution in [2.45, 2.75) is 37.0 Å². The lowest BCUT2D eigenvalue weighted by molar-refractivity contribution is -0.118. The number of thioether (sulfide) groups is 1. The number of amides is 2. The largest absolute Gasteiger partial charge is 0.355 e. The highest BCUT2D eigenvalue weighted by molar-refractivity contribution is 8.00. The lowest BCUT2D eigenvalue weighted by Gasteiger charge is -2.21. The van der Waals surface area contributed by atoms with E-state index in [4.69, 9.17) is 0 Å². The molecule has 1 aliphatic carbocycles. The fourth-order valence-corrected chi connectivity index (χ4v) is 4.27. The average molecular weight is 401 g/mol. The van der Waals surface area contributed by atoms with E-state index < -0.39 is 5.82 Å².